The van der Waals surface area contributed by atoms with Crippen LogP contribution < -0.4 is 10.1 Å². The number of esters is 1. The standard InChI is InChI=1S/C16H13BrF2N2O5/c1-9-6-13(21-26-9)20-14(22)8-24-15(23)5-2-10-7-11(17)3-4-12(10)25-16(18)19/h2-7,16H,8H2,1H3,(H,20,21,22)/b5-2+. The van der Waals surface area contributed by atoms with Crippen LogP contribution in [0.3, 0.4) is 0 Å². The molecule has 0 radical (unpaired) electrons. The Balaban J connectivity index is 1.90. The van der Waals surface area contributed by atoms with Crippen LogP contribution in [-0.4, -0.2) is 30.3 Å². The molecule has 0 fully saturated rings. The van der Waals surface area contributed by atoms with Gasteiger partial charge in [0, 0.05) is 22.2 Å². The summed E-state index contributed by atoms with van der Waals surface area (Å²) in [6, 6.07) is 5.83. The van der Waals surface area contributed by atoms with E-state index in [2.05, 4.69) is 31.1 Å². The van der Waals surface area contributed by atoms with Crippen LogP contribution in [0.25, 0.3) is 6.08 Å². The van der Waals surface area contributed by atoms with Crippen LogP contribution in [0.1, 0.15) is 11.3 Å². The number of hydrogen-bond acceptors (Lipinski definition) is 6. The minimum atomic E-state index is -3.00. The Kier molecular flexibility index (Phi) is 6.84. The second-order valence-electron chi connectivity index (χ2n) is 4.87. The van der Waals surface area contributed by atoms with Gasteiger partial charge in [-0.3, -0.25) is 4.79 Å². The van der Waals surface area contributed by atoms with Gasteiger partial charge in [-0.05, 0) is 31.2 Å². The number of carbonyl (C=O) groups excluding carboxylic acids is 2. The molecule has 10 heteroatoms. The topological polar surface area (TPSA) is 90.7 Å². The summed E-state index contributed by atoms with van der Waals surface area (Å²) >= 11 is 3.19. The zero-order chi connectivity index (χ0) is 19.1. The van der Waals surface area contributed by atoms with Crippen molar-refractivity contribution in [2.45, 2.75) is 13.5 Å². The lowest BCUT2D eigenvalue weighted by Gasteiger charge is -2.08. The average molecular weight is 431 g/mol. The highest BCUT2D eigenvalue weighted by atomic mass is 79.9. The number of anilines is 1. The van der Waals surface area contributed by atoms with Crippen molar-refractivity contribution in [3.8, 4) is 5.75 Å². The summed E-state index contributed by atoms with van der Waals surface area (Å²) in [7, 11) is 0. The number of carbonyl (C=O) groups is 2. The SMILES string of the molecule is Cc1cc(NC(=O)COC(=O)/C=C/c2cc(Br)ccc2OC(F)F)no1. The van der Waals surface area contributed by atoms with Gasteiger partial charge in [-0.15, -0.1) is 0 Å². The lowest BCUT2D eigenvalue weighted by molar-refractivity contribution is -0.142. The molecule has 1 N–H and O–H groups in total. The number of amides is 1. The molecule has 1 aromatic carbocycles. The summed E-state index contributed by atoms with van der Waals surface area (Å²) in [5, 5.41) is 5.93. The quantitative estimate of drug-likeness (QED) is 0.533. The predicted octanol–water partition coefficient (Wildman–Crippen LogP) is 3.54. The summed E-state index contributed by atoms with van der Waals surface area (Å²) in [5.74, 6) is -0.840. The first-order valence-electron chi connectivity index (χ1n) is 7.16. The monoisotopic (exact) mass is 430 g/mol. The molecule has 0 spiro atoms. The van der Waals surface area contributed by atoms with Crippen LogP contribution >= 0.6 is 15.9 Å². The minimum absolute atomic E-state index is 0.105. The molecule has 7 nitrogen and oxygen atoms in total. The summed E-state index contributed by atoms with van der Waals surface area (Å²) in [4.78, 5) is 23.3. The maximum absolute atomic E-state index is 12.4. The number of ether oxygens (including phenoxy) is 2. The molecule has 2 aromatic rings. The molecular weight excluding hydrogens is 418 g/mol. The highest BCUT2D eigenvalue weighted by molar-refractivity contribution is 9.10. The number of aryl methyl sites for hydroxylation is 1. The van der Waals surface area contributed by atoms with Gasteiger partial charge in [0.25, 0.3) is 5.91 Å². The van der Waals surface area contributed by atoms with E-state index in [0.29, 0.717) is 10.2 Å². The zero-order valence-corrected chi connectivity index (χ0v) is 15.0. The van der Waals surface area contributed by atoms with E-state index >= 15 is 0 Å². The molecular formula is C16H13BrF2N2O5. The van der Waals surface area contributed by atoms with Crippen molar-refractivity contribution >= 4 is 39.7 Å². The number of halogens is 3. The Bertz CT molecular complexity index is 823. The molecule has 1 amide bonds. The lowest BCUT2D eigenvalue weighted by Crippen LogP contribution is -2.20. The van der Waals surface area contributed by atoms with Gasteiger partial charge in [-0.25, -0.2) is 4.79 Å². The van der Waals surface area contributed by atoms with E-state index in [-0.39, 0.29) is 17.1 Å². The van der Waals surface area contributed by atoms with Gasteiger partial charge in [0.05, 0.1) is 0 Å². The molecule has 1 aromatic heterocycles. The number of benzene rings is 1. The maximum atomic E-state index is 12.4. The van der Waals surface area contributed by atoms with Crippen LogP contribution in [0, 0.1) is 6.92 Å². The molecule has 26 heavy (non-hydrogen) atoms. The Morgan fingerprint density at radius 2 is 2.15 bits per heavy atom. The Morgan fingerprint density at radius 1 is 1.38 bits per heavy atom. The molecule has 0 atom stereocenters. The van der Waals surface area contributed by atoms with Crippen LogP contribution in [0.5, 0.6) is 5.75 Å². The first kappa shape index (κ1) is 19.6. The molecule has 0 saturated heterocycles. The number of aromatic nitrogens is 1. The molecule has 0 aliphatic carbocycles. The lowest BCUT2D eigenvalue weighted by atomic mass is 10.2. The fourth-order valence-corrected chi connectivity index (χ4v) is 2.18. The van der Waals surface area contributed by atoms with Gasteiger partial charge in [0.15, 0.2) is 12.4 Å². The number of alkyl halides is 2. The van der Waals surface area contributed by atoms with Gasteiger partial charge in [0.2, 0.25) is 0 Å². The van der Waals surface area contributed by atoms with Gasteiger partial charge < -0.3 is 19.3 Å². The van der Waals surface area contributed by atoms with E-state index in [1.807, 2.05) is 0 Å². The summed E-state index contributed by atoms with van der Waals surface area (Å²) in [6.45, 7) is -1.89. The summed E-state index contributed by atoms with van der Waals surface area (Å²) in [6.07, 6.45) is 2.23. The van der Waals surface area contributed by atoms with Gasteiger partial charge in [-0.2, -0.15) is 8.78 Å². The molecule has 0 aliphatic rings. The fourth-order valence-electron chi connectivity index (χ4n) is 1.80. The molecule has 138 valence electrons. The number of nitrogens with zero attached hydrogens (tertiary/aromatic N) is 1. The molecule has 1 heterocycles. The Hall–Kier alpha value is -2.75. The van der Waals surface area contributed by atoms with Gasteiger partial charge in [0.1, 0.15) is 11.5 Å². The van der Waals surface area contributed by atoms with E-state index in [0.717, 1.165) is 6.08 Å². The third-order valence-electron chi connectivity index (χ3n) is 2.83. The number of nitrogens with one attached hydrogen (secondary N) is 1. The van der Waals surface area contributed by atoms with E-state index in [1.54, 1.807) is 6.92 Å². The van der Waals surface area contributed by atoms with Gasteiger partial charge in [-0.1, -0.05) is 21.1 Å². The first-order valence-corrected chi connectivity index (χ1v) is 7.95. The summed E-state index contributed by atoms with van der Waals surface area (Å²) in [5.41, 5.74) is 0.235. The number of rotatable bonds is 7. The van der Waals surface area contributed by atoms with Crippen LogP contribution in [0.2, 0.25) is 0 Å². The van der Waals surface area contributed by atoms with E-state index in [4.69, 9.17) is 9.26 Å². The molecule has 2 rings (SSSR count). The zero-order valence-electron chi connectivity index (χ0n) is 13.4. The predicted molar refractivity (Wildman–Crippen MR) is 90.6 cm³/mol. The average Bonchev–Trinajstić information content (AvgIpc) is 2.97. The smallest absolute Gasteiger partial charge is 0.387 e. The van der Waals surface area contributed by atoms with Crippen molar-refractivity contribution in [1.29, 1.82) is 0 Å². The molecule has 0 bridgehead atoms. The van der Waals surface area contributed by atoms with Crippen molar-refractivity contribution in [3.63, 3.8) is 0 Å². The summed E-state index contributed by atoms with van der Waals surface area (Å²) < 4.78 is 39.3. The van der Waals surface area contributed by atoms with Crippen molar-refractivity contribution in [2.24, 2.45) is 0 Å². The van der Waals surface area contributed by atoms with Crippen molar-refractivity contribution < 1.29 is 32.4 Å². The third kappa shape index (κ3) is 6.28. The van der Waals surface area contributed by atoms with Crippen LogP contribution in [0.15, 0.2) is 39.3 Å². The highest BCUT2D eigenvalue weighted by Crippen LogP contribution is 2.26. The van der Waals surface area contributed by atoms with Gasteiger partial charge >= 0.3 is 12.6 Å². The highest BCUT2D eigenvalue weighted by Gasteiger charge is 2.10. The minimum Gasteiger partial charge on any atom is -0.452 e. The molecule has 0 aliphatic heterocycles. The number of hydrogen-bond donors (Lipinski definition) is 1. The van der Waals surface area contributed by atoms with E-state index < -0.39 is 25.1 Å². The second kappa shape index (κ2) is 9.09. The van der Waals surface area contributed by atoms with Crippen molar-refractivity contribution in [2.75, 3.05) is 11.9 Å². The molecule has 0 saturated carbocycles. The first-order chi connectivity index (χ1) is 12.3. The Labute approximate surface area is 155 Å². The largest absolute Gasteiger partial charge is 0.452 e. The maximum Gasteiger partial charge on any atom is 0.387 e. The van der Waals surface area contributed by atoms with Crippen molar-refractivity contribution in [3.05, 3.63) is 46.1 Å². The van der Waals surface area contributed by atoms with Crippen LogP contribution in [0.4, 0.5) is 14.6 Å². The molecule has 0 unspecified atom stereocenters. The van der Waals surface area contributed by atoms with E-state index in [1.165, 1.54) is 30.3 Å². The normalized spacial score (nSPS) is 11.0. The van der Waals surface area contributed by atoms with Crippen molar-refractivity contribution in [1.82, 2.24) is 5.16 Å². The fraction of sp³-hybridized carbons (Fsp3) is 0.188. The Morgan fingerprint density at radius 3 is 2.81 bits per heavy atom. The third-order valence-corrected chi connectivity index (χ3v) is 3.32. The van der Waals surface area contributed by atoms with E-state index in [9.17, 15) is 18.4 Å². The second-order valence-corrected chi connectivity index (χ2v) is 5.79. The van der Waals surface area contributed by atoms with Crippen LogP contribution in [-0.2, 0) is 14.3 Å².